The number of carbonyl (C=O) groups excluding carboxylic acids is 1. The maximum absolute atomic E-state index is 12.8. The van der Waals surface area contributed by atoms with Crippen LogP contribution in [0.1, 0.15) is 10.4 Å². The van der Waals surface area contributed by atoms with Crippen molar-refractivity contribution in [3.8, 4) is 0 Å². The van der Waals surface area contributed by atoms with Crippen LogP contribution in [0.25, 0.3) is 0 Å². The van der Waals surface area contributed by atoms with Gasteiger partial charge in [-0.2, -0.15) is 0 Å². The van der Waals surface area contributed by atoms with E-state index in [2.05, 4.69) is 6.58 Å². The molecule has 1 amide bonds. The number of nitrogens with zero attached hydrogens (tertiary/aromatic N) is 3. The zero-order valence-electron chi connectivity index (χ0n) is 13.8. The van der Waals surface area contributed by atoms with Gasteiger partial charge in [-0.05, 0) is 23.4 Å². The second kappa shape index (κ2) is 7.58. The van der Waals surface area contributed by atoms with E-state index in [1.165, 1.54) is 17.0 Å². The number of amides is 1. The molecule has 1 aromatic heterocycles. The fourth-order valence-corrected chi connectivity index (χ4v) is 3.75. The molecular formula is C18H19N3O3S. The molecule has 1 aliphatic heterocycles. The highest BCUT2D eigenvalue weighted by molar-refractivity contribution is 7.09. The van der Waals surface area contributed by atoms with Crippen LogP contribution < -0.4 is 4.90 Å². The third-order valence-electron chi connectivity index (χ3n) is 4.18. The van der Waals surface area contributed by atoms with Gasteiger partial charge < -0.3 is 4.90 Å². The van der Waals surface area contributed by atoms with Crippen molar-refractivity contribution >= 4 is 28.6 Å². The molecule has 2 aromatic rings. The summed E-state index contributed by atoms with van der Waals surface area (Å²) in [6.07, 6.45) is 2.51. The summed E-state index contributed by atoms with van der Waals surface area (Å²) >= 11 is 1.65. The van der Waals surface area contributed by atoms with E-state index >= 15 is 0 Å². The minimum Gasteiger partial charge on any atom is -0.310 e. The zero-order chi connectivity index (χ0) is 17.8. The Balaban J connectivity index is 1.74. The third-order valence-corrected chi connectivity index (χ3v) is 5.04. The summed E-state index contributed by atoms with van der Waals surface area (Å²) in [4.78, 5) is 28.2. The molecule has 1 aliphatic rings. The number of hydrogen-bond donors (Lipinski definition) is 0. The Kier molecular flexibility index (Phi) is 5.25. The quantitative estimate of drug-likeness (QED) is 0.433. The highest BCUT2D eigenvalue weighted by atomic mass is 32.1. The lowest BCUT2D eigenvalue weighted by Gasteiger charge is -2.24. The van der Waals surface area contributed by atoms with E-state index in [9.17, 15) is 14.9 Å². The SMILES string of the molecule is C=CCN(CC(=O)N1CCc2ccc([N+](=O)[O-])cc21)Cc1cccs1. The molecule has 0 atom stereocenters. The number of hydrogen-bond acceptors (Lipinski definition) is 5. The number of thiophene rings is 1. The fraction of sp³-hybridized carbons (Fsp3) is 0.278. The Morgan fingerprint density at radius 2 is 2.28 bits per heavy atom. The van der Waals surface area contributed by atoms with Crippen molar-refractivity contribution in [1.82, 2.24) is 4.90 Å². The Morgan fingerprint density at radius 1 is 1.44 bits per heavy atom. The van der Waals surface area contributed by atoms with Crippen molar-refractivity contribution in [1.29, 1.82) is 0 Å². The molecule has 0 radical (unpaired) electrons. The number of carbonyl (C=O) groups is 1. The molecule has 25 heavy (non-hydrogen) atoms. The molecule has 130 valence electrons. The monoisotopic (exact) mass is 357 g/mol. The van der Waals surface area contributed by atoms with Gasteiger partial charge in [0.05, 0.1) is 17.2 Å². The minimum absolute atomic E-state index is 0.0139. The van der Waals surface area contributed by atoms with Crippen molar-refractivity contribution in [3.63, 3.8) is 0 Å². The highest BCUT2D eigenvalue weighted by Gasteiger charge is 2.27. The van der Waals surface area contributed by atoms with Gasteiger partial charge in [0.1, 0.15) is 0 Å². The molecule has 0 saturated heterocycles. The van der Waals surface area contributed by atoms with Crippen LogP contribution in [0.5, 0.6) is 0 Å². The molecule has 7 heteroatoms. The predicted octanol–water partition coefficient (Wildman–Crippen LogP) is 3.23. The average Bonchev–Trinajstić information content (AvgIpc) is 3.23. The van der Waals surface area contributed by atoms with Crippen LogP contribution in [0.2, 0.25) is 0 Å². The zero-order valence-corrected chi connectivity index (χ0v) is 14.6. The first kappa shape index (κ1) is 17.3. The first-order valence-corrected chi connectivity index (χ1v) is 8.90. The van der Waals surface area contributed by atoms with Gasteiger partial charge in [-0.3, -0.25) is 19.8 Å². The van der Waals surface area contributed by atoms with E-state index in [0.717, 1.165) is 12.0 Å². The summed E-state index contributed by atoms with van der Waals surface area (Å²) < 4.78 is 0. The number of rotatable bonds is 7. The van der Waals surface area contributed by atoms with Crippen LogP contribution in [0.4, 0.5) is 11.4 Å². The average molecular weight is 357 g/mol. The smallest absolute Gasteiger partial charge is 0.271 e. The molecular weight excluding hydrogens is 338 g/mol. The van der Waals surface area contributed by atoms with Crippen molar-refractivity contribution in [2.75, 3.05) is 24.5 Å². The fourth-order valence-electron chi connectivity index (χ4n) is 3.01. The first-order chi connectivity index (χ1) is 12.1. The second-order valence-electron chi connectivity index (χ2n) is 5.90. The van der Waals surface area contributed by atoms with Crippen LogP contribution in [0, 0.1) is 10.1 Å². The number of nitro benzene ring substituents is 1. The van der Waals surface area contributed by atoms with Crippen LogP contribution in [0.15, 0.2) is 48.4 Å². The van der Waals surface area contributed by atoms with Gasteiger partial charge in [0.15, 0.2) is 0 Å². The third kappa shape index (κ3) is 3.94. The number of fused-ring (bicyclic) bond motifs is 1. The van der Waals surface area contributed by atoms with E-state index in [1.54, 1.807) is 28.4 Å². The largest absolute Gasteiger partial charge is 0.310 e. The van der Waals surface area contributed by atoms with Gasteiger partial charge in [0, 0.05) is 36.6 Å². The lowest BCUT2D eigenvalue weighted by molar-refractivity contribution is -0.384. The number of benzene rings is 1. The molecule has 0 fully saturated rings. The summed E-state index contributed by atoms with van der Waals surface area (Å²) in [6.45, 7) is 5.88. The van der Waals surface area contributed by atoms with Gasteiger partial charge in [0.25, 0.3) is 5.69 Å². The van der Waals surface area contributed by atoms with Gasteiger partial charge in [0.2, 0.25) is 5.91 Å². The minimum atomic E-state index is -0.429. The van der Waals surface area contributed by atoms with E-state index in [1.807, 2.05) is 22.4 Å². The lowest BCUT2D eigenvalue weighted by atomic mass is 10.1. The van der Waals surface area contributed by atoms with E-state index in [0.29, 0.717) is 25.3 Å². The summed E-state index contributed by atoms with van der Waals surface area (Å²) in [5.74, 6) is -0.0438. The maximum Gasteiger partial charge on any atom is 0.271 e. The van der Waals surface area contributed by atoms with Crippen molar-refractivity contribution in [2.24, 2.45) is 0 Å². The summed E-state index contributed by atoms with van der Waals surface area (Å²) in [6, 6.07) is 8.77. The number of non-ortho nitro benzene ring substituents is 1. The van der Waals surface area contributed by atoms with Gasteiger partial charge >= 0.3 is 0 Å². The molecule has 0 unspecified atom stereocenters. The Morgan fingerprint density at radius 3 is 2.96 bits per heavy atom. The Hall–Kier alpha value is -2.51. The normalized spacial score (nSPS) is 13.1. The Bertz CT molecular complexity index is 789. The summed E-state index contributed by atoms with van der Waals surface area (Å²) in [5.41, 5.74) is 1.65. The number of nitro groups is 1. The van der Waals surface area contributed by atoms with Crippen LogP contribution in [-0.4, -0.2) is 35.4 Å². The van der Waals surface area contributed by atoms with E-state index in [-0.39, 0.29) is 18.1 Å². The topological polar surface area (TPSA) is 66.7 Å². The molecule has 3 rings (SSSR count). The van der Waals surface area contributed by atoms with Crippen LogP contribution in [0.3, 0.4) is 0 Å². The van der Waals surface area contributed by atoms with E-state index < -0.39 is 4.92 Å². The molecule has 2 heterocycles. The molecule has 0 bridgehead atoms. The molecule has 0 spiro atoms. The van der Waals surface area contributed by atoms with Gasteiger partial charge in [-0.1, -0.05) is 18.2 Å². The maximum atomic E-state index is 12.8. The number of anilines is 1. The van der Waals surface area contributed by atoms with Crippen LogP contribution in [-0.2, 0) is 17.8 Å². The molecule has 0 N–H and O–H groups in total. The Labute approximate surface area is 150 Å². The molecule has 0 aliphatic carbocycles. The molecule has 1 aromatic carbocycles. The molecule has 6 nitrogen and oxygen atoms in total. The van der Waals surface area contributed by atoms with Crippen LogP contribution >= 0.6 is 11.3 Å². The van der Waals surface area contributed by atoms with Gasteiger partial charge in [-0.25, -0.2) is 0 Å². The summed E-state index contributed by atoms with van der Waals surface area (Å²) in [5, 5.41) is 13.0. The van der Waals surface area contributed by atoms with Crippen molar-refractivity contribution in [3.05, 3.63) is 68.9 Å². The molecule has 0 saturated carbocycles. The van der Waals surface area contributed by atoms with E-state index in [4.69, 9.17) is 0 Å². The highest BCUT2D eigenvalue weighted by Crippen LogP contribution is 2.31. The first-order valence-electron chi connectivity index (χ1n) is 8.02. The standard InChI is InChI=1S/C18H19N3O3S/c1-2-8-19(12-16-4-3-10-25-16)13-18(22)20-9-7-14-5-6-15(21(23)24)11-17(14)20/h2-6,10-11H,1,7-9,12-13H2. The van der Waals surface area contributed by atoms with Crippen molar-refractivity contribution < 1.29 is 9.72 Å². The second-order valence-corrected chi connectivity index (χ2v) is 6.94. The van der Waals surface area contributed by atoms with Crippen molar-refractivity contribution in [2.45, 2.75) is 13.0 Å². The van der Waals surface area contributed by atoms with Gasteiger partial charge in [-0.15, -0.1) is 17.9 Å². The summed E-state index contributed by atoms with van der Waals surface area (Å²) in [7, 11) is 0. The predicted molar refractivity (Wildman–Crippen MR) is 98.9 cm³/mol. The lowest BCUT2D eigenvalue weighted by Crippen LogP contribution is -2.39.